The summed E-state index contributed by atoms with van der Waals surface area (Å²) in [6.07, 6.45) is 7.47. The topological polar surface area (TPSA) is 84.2 Å². The molecule has 0 spiro atoms. The highest BCUT2D eigenvalue weighted by molar-refractivity contribution is 6.19. The molecule has 0 unspecified atom stereocenters. The van der Waals surface area contributed by atoms with E-state index < -0.39 is 0 Å². The van der Waals surface area contributed by atoms with Crippen molar-refractivity contribution in [2.45, 2.75) is 0 Å². The maximum Gasteiger partial charge on any atom is 0.0963 e. The molecular formula is C103H67N9. The number of benzene rings is 13. The third-order valence-corrected chi connectivity index (χ3v) is 21.8. The first kappa shape index (κ1) is 65.1. The van der Waals surface area contributed by atoms with Crippen molar-refractivity contribution in [3.63, 3.8) is 0 Å². The lowest BCUT2D eigenvalue weighted by Gasteiger charge is -2.12. The van der Waals surface area contributed by atoms with Gasteiger partial charge in [-0.15, -0.1) is 0 Å². The molecule has 9 heteroatoms. The van der Waals surface area contributed by atoms with Crippen LogP contribution in [-0.2, 0) is 0 Å². The number of pyridine rings is 5. The predicted octanol–water partition coefficient (Wildman–Crippen LogP) is 26.1. The minimum atomic E-state index is 0.929. The summed E-state index contributed by atoms with van der Waals surface area (Å²) >= 11 is 0. The molecule has 0 saturated carbocycles. The number of hydrogen-bond donors (Lipinski definition) is 0. The van der Waals surface area contributed by atoms with E-state index in [1.54, 1.807) is 0 Å². The third kappa shape index (κ3) is 11.4. The van der Waals surface area contributed by atoms with Crippen molar-refractivity contribution < 1.29 is 0 Å². The van der Waals surface area contributed by atoms with Crippen LogP contribution < -0.4 is 0 Å². The van der Waals surface area contributed by atoms with Gasteiger partial charge in [-0.25, -0.2) is 4.98 Å². The molecule has 0 aliphatic carbocycles. The van der Waals surface area contributed by atoms with Gasteiger partial charge in [-0.2, -0.15) is 0 Å². The quantitative estimate of drug-likeness (QED) is 0.122. The molecule has 13 aromatic carbocycles. The van der Waals surface area contributed by atoms with E-state index in [9.17, 15) is 0 Å². The van der Waals surface area contributed by atoms with E-state index >= 15 is 0 Å². The van der Waals surface area contributed by atoms with Crippen LogP contribution in [0.25, 0.3) is 200 Å². The summed E-state index contributed by atoms with van der Waals surface area (Å²) in [5.74, 6) is 0. The number of hydrogen-bond acceptors (Lipinski definition) is 5. The van der Waals surface area contributed by atoms with Crippen LogP contribution in [0.1, 0.15) is 0 Å². The van der Waals surface area contributed by atoms with Crippen molar-refractivity contribution in [3.05, 3.63) is 407 Å². The lowest BCUT2D eigenvalue weighted by Crippen LogP contribution is -1.95. The van der Waals surface area contributed by atoms with Crippen LogP contribution in [0.15, 0.2) is 407 Å². The monoisotopic (exact) mass is 1430 g/mol. The molecule has 0 N–H and O–H groups in total. The molecule has 22 aromatic rings. The van der Waals surface area contributed by atoms with Gasteiger partial charge in [0.2, 0.25) is 0 Å². The van der Waals surface area contributed by atoms with Crippen LogP contribution in [0, 0.1) is 0 Å². The normalized spacial score (nSPS) is 11.6. The van der Waals surface area contributed by atoms with E-state index in [0.29, 0.717) is 0 Å². The first-order valence-corrected chi connectivity index (χ1v) is 37.8. The van der Waals surface area contributed by atoms with Crippen molar-refractivity contribution in [1.29, 1.82) is 0 Å². The van der Waals surface area contributed by atoms with Gasteiger partial charge in [0.15, 0.2) is 0 Å². The second-order valence-electron chi connectivity index (χ2n) is 28.3. The Balaban J connectivity index is 0.000000141. The highest BCUT2D eigenvalue weighted by Gasteiger charge is 2.23. The predicted molar refractivity (Wildman–Crippen MR) is 463 cm³/mol. The molecule has 0 bridgehead atoms. The Morgan fingerprint density at radius 3 is 0.982 bits per heavy atom. The second kappa shape index (κ2) is 27.5. The van der Waals surface area contributed by atoms with Gasteiger partial charge in [0.1, 0.15) is 0 Å². The van der Waals surface area contributed by atoms with Crippen molar-refractivity contribution in [2.24, 2.45) is 0 Å². The number of fused-ring (bicyclic) bond motifs is 12. The van der Waals surface area contributed by atoms with E-state index in [0.717, 1.165) is 139 Å². The zero-order valence-electron chi connectivity index (χ0n) is 60.7. The van der Waals surface area contributed by atoms with Crippen molar-refractivity contribution >= 4 is 87.5 Å². The summed E-state index contributed by atoms with van der Waals surface area (Å²) in [4.78, 5) is 24.4. The molecule has 9 heterocycles. The van der Waals surface area contributed by atoms with Crippen LogP contribution in [0.5, 0.6) is 0 Å². The van der Waals surface area contributed by atoms with E-state index in [4.69, 9.17) is 15.0 Å². The number of aromatic nitrogens is 9. The Morgan fingerprint density at radius 1 is 0.170 bits per heavy atom. The molecule has 22 rings (SSSR count). The molecule has 0 radical (unpaired) electrons. The first-order chi connectivity index (χ1) is 55.6. The van der Waals surface area contributed by atoms with E-state index in [2.05, 4.69) is 368 Å². The standard InChI is InChI=1S/C52H34N4.C51H33N5/c1-4-14-35(15-5-1)39-33-45(36-16-6-2-7-17-36)54-46(34-39)37-25-28-41(29-26-37)56-48-30-27-38(32-44(48)52-50(56)24-13-31-53-52)42-21-12-23-49-51(42)43-20-10-11-22-47(43)55(49)40-18-8-3-9-19-40;1-2-12-39(13-3-1)55-46-18-5-4-14-42(46)50-41(15-10-19-48(50)55)35-23-26-47-43(33-35)51-49(20-11-29-54-51)56(47)40-24-21-34(22-25-40)36-30-37(44-16-6-8-27-52-44)32-38(31-36)45-17-7-9-28-53-45/h1-34H;1-33H. The van der Waals surface area contributed by atoms with Gasteiger partial charge >= 0.3 is 0 Å². The van der Waals surface area contributed by atoms with Crippen LogP contribution >= 0.6 is 0 Å². The number of para-hydroxylation sites is 4. The fraction of sp³-hybridized carbons (Fsp3) is 0. The highest BCUT2D eigenvalue weighted by Crippen LogP contribution is 2.45. The van der Waals surface area contributed by atoms with Crippen LogP contribution in [-0.4, -0.2) is 43.2 Å². The molecule has 9 aromatic heterocycles. The number of nitrogens with zero attached hydrogens (tertiary/aromatic N) is 9. The Hall–Kier alpha value is -15.2. The maximum absolute atomic E-state index is 5.17. The van der Waals surface area contributed by atoms with Crippen LogP contribution in [0.3, 0.4) is 0 Å². The fourth-order valence-corrected chi connectivity index (χ4v) is 16.8. The Morgan fingerprint density at radius 2 is 0.509 bits per heavy atom. The van der Waals surface area contributed by atoms with Crippen LogP contribution in [0.2, 0.25) is 0 Å². The summed E-state index contributed by atoms with van der Waals surface area (Å²) in [5, 5.41) is 7.21. The average molecular weight is 1430 g/mol. The largest absolute Gasteiger partial charge is 0.309 e. The Bertz CT molecular complexity index is 6760. The third-order valence-electron chi connectivity index (χ3n) is 21.8. The molecule has 524 valence electrons. The molecule has 0 fully saturated rings. The summed E-state index contributed by atoms with van der Waals surface area (Å²) in [6.45, 7) is 0. The SMILES string of the molecule is c1ccc(-c2cc(-c3ccccc3)nc(-c3ccc(-n4c5ccc(-c6cccc7c6c6ccccc6n7-c6ccccc6)cc5c5ncccc54)cc3)c2)cc1.c1ccc(-n2c3ccccc3c3c(-c4ccc5c(c4)c4ncccc4n5-c4ccc(-c5cc(-c6ccccn6)cc(-c6ccccn6)c5)cc4)cccc32)cc1. The van der Waals surface area contributed by atoms with E-state index in [-0.39, 0.29) is 0 Å². The molecule has 0 atom stereocenters. The molecule has 0 aliphatic rings. The van der Waals surface area contributed by atoms with Crippen molar-refractivity contribution in [2.75, 3.05) is 0 Å². The lowest BCUT2D eigenvalue weighted by molar-refractivity contribution is 1.17. The smallest absolute Gasteiger partial charge is 0.0963 e. The number of rotatable bonds is 12. The zero-order chi connectivity index (χ0) is 74.0. The van der Waals surface area contributed by atoms with Crippen molar-refractivity contribution in [1.82, 2.24) is 43.2 Å². The Kier molecular flexibility index (Phi) is 16.0. The minimum Gasteiger partial charge on any atom is -0.309 e. The first-order valence-electron chi connectivity index (χ1n) is 37.8. The average Bonchev–Trinajstić information content (AvgIpc) is 1.58. The van der Waals surface area contributed by atoms with Gasteiger partial charge in [0.25, 0.3) is 0 Å². The summed E-state index contributed by atoms with van der Waals surface area (Å²) in [7, 11) is 0. The van der Waals surface area contributed by atoms with Gasteiger partial charge in [-0.1, -0.05) is 206 Å². The fourth-order valence-electron chi connectivity index (χ4n) is 16.8. The lowest BCUT2D eigenvalue weighted by atomic mass is 9.96. The van der Waals surface area contributed by atoms with Gasteiger partial charge in [-0.3, -0.25) is 19.9 Å². The highest BCUT2D eigenvalue weighted by atomic mass is 15.0. The molecule has 0 aliphatic heterocycles. The molecular weight excluding hydrogens is 1360 g/mol. The van der Waals surface area contributed by atoms with E-state index in [1.165, 1.54) is 60.3 Å². The molecule has 9 nitrogen and oxygen atoms in total. The second-order valence-corrected chi connectivity index (χ2v) is 28.3. The van der Waals surface area contributed by atoms with Gasteiger partial charge in [0.05, 0.1) is 77.9 Å². The zero-order valence-corrected chi connectivity index (χ0v) is 60.7. The molecule has 112 heavy (non-hydrogen) atoms. The van der Waals surface area contributed by atoms with Crippen molar-refractivity contribution in [3.8, 4) is 112 Å². The maximum atomic E-state index is 5.17. The molecule has 0 amide bonds. The summed E-state index contributed by atoms with van der Waals surface area (Å²) in [6, 6.07) is 136. The van der Waals surface area contributed by atoms with Crippen LogP contribution in [0.4, 0.5) is 0 Å². The summed E-state index contributed by atoms with van der Waals surface area (Å²) < 4.78 is 9.41. The minimum absolute atomic E-state index is 0.929. The van der Waals surface area contributed by atoms with Gasteiger partial charge < -0.3 is 18.3 Å². The molecule has 0 saturated heterocycles. The van der Waals surface area contributed by atoms with E-state index in [1.807, 2.05) is 67.3 Å². The summed E-state index contributed by atoms with van der Waals surface area (Å²) in [5.41, 5.74) is 32.8. The van der Waals surface area contributed by atoms with Gasteiger partial charge in [0, 0.05) is 102 Å². The Labute approximate surface area is 645 Å². The van der Waals surface area contributed by atoms with Gasteiger partial charge in [-0.05, 0) is 220 Å².